The number of anilines is 1. The summed E-state index contributed by atoms with van der Waals surface area (Å²) in [5, 5.41) is 0. The molecule has 1 aromatic heterocycles. The van der Waals surface area contributed by atoms with Crippen LogP contribution >= 0.6 is 0 Å². The van der Waals surface area contributed by atoms with Crippen molar-refractivity contribution in [1.82, 2.24) is 0 Å². The molecular formula is C23H35BrN2O. The molecule has 0 saturated carbocycles. The van der Waals surface area contributed by atoms with Crippen LogP contribution in [0.3, 0.4) is 0 Å². The molecule has 0 aliphatic heterocycles. The maximum atomic E-state index is 2.37. The quantitative estimate of drug-likeness (QED) is 0.414. The molecule has 4 heteroatoms. The van der Waals surface area contributed by atoms with Crippen LogP contribution in [0.15, 0.2) is 48.7 Å². The van der Waals surface area contributed by atoms with E-state index in [2.05, 4.69) is 91.1 Å². The fourth-order valence-corrected chi connectivity index (χ4v) is 3.12. The van der Waals surface area contributed by atoms with Gasteiger partial charge in [0.25, 0.3) is 0 Å². The molecular weight excluding hydrogens is 400 g/mol. The summed E-state index contributed by atoms with van der Waals surface area (Å²) in [6.07, 6.45) is 11.8. The van der Waals surface area contributed by atoms with Gasteiger partial charge in [-0.25, -0.2) is 0 Å². The van der Waals surface area contributed by atoms with Gasteiger partial charge in [0.2, 0.25) is 5.69 Å². The molecule has 1 heterocycles. The van der Waals surface area contributed by atoms with E-state index in [4.69, 9.17) is 0 Å². The molecule has 0 radical (unpaired) electrons. The number of halogens is 1. The largest absolute Gasteiger partial charge is 1.00 e. The van der Waals surface area contributed by atoms with E-state index in [1.165, 1.54) is 42.6 Å². The van der Waals surface area contributed by atoms with Gasteiger partial charge in [0, 0.05) is 43.4 Å². The predicted molar refractivity (Wildman–Crippen MR) is 113 cm³/mol. The van der Waals surface area contributed by atoms with Gasteiger partial charge >= 0.3 is 0 Å². The standard InChI is InChI=1S/C23H33N2.BrH.H2O/c1-4-7-8-10-19-25-20-11-9-12-22(25)16-13-21-14-17-23(18-15-21)24(5-2)6-3;;/h9,11-18,20H,4-8,10,19H2,1-3H3;1H;1H2/q+1;;/p-1. The predicted octanol–water partition coefficient (Wildman–Crippen LogP) is 1.75. The molecule has 0 amide bonds. The third kappa shape index (κ3) is 8.27. The first-order valence-electron chi connectivity index (χ1n) is 9.80. The zero-order chi connectivity index (χ0) is 17.9. The number of rotatable bonds is 10. The Balaban J connectivity index is 0.00000338. The lowest BCUT2D eigenvalue weighted by molar-refractivity contribution is -0.699. The zero-order valence-corrected chi connectivity index (χ0v) is 18.6. The van der Waals surface area contributed by atoms with Crippen LogP contribution in [0.25, 0.3) is 12.2 Å². The number of pyridine rings is 1. The lowest BCUT2D eigenvalue weighted by atomic mass is 10.1. The minimum atomic E-state index is 0. The minimum absolute atomic E-state index is 0. The van der Waals surface area contributed by atoms with E-state index in [9.17, 15) is 0 Å². The molecule has 2 rings (SSSR count). The van der Waals surface area contributed by atoms with E-state index in [0.29, 0.717) is 0 Å². The molecule has 1 aromatic carbocycles. The van der Waals surface area contributed by atoms with Crippen molar-refractivity contribution in [2.45, 2.75) is 53.0 Å². The van der Waals surface area contributed by atoms with Crippen molar-refractivity contribution in [1.29, 1.82) is 0 Å². The Bertz CT molecular complexity index is 652. The summed E-state index contributed by atoms with van der Waals surface area (Å²) in [5.74, 6) is 0. The summed E-state index contributed by atoms with van der Waals surface area (Å²) in [6.45, 7) is 9.86. The van der Waals surface area contributed by atoms with Crippen LogP contribution in [0.4, 0.5) is 5.69 Å². The second-order valence-corrected chi connectivity index (χ2v) is 6.48. The third-order valence-corrected chi connectivity index (χ3v) is 4.70. The number of aryl methyl sites for hydroxylation is 1. The van der Waals surface area contributed by atoms with Crippen molar-refractivity contribution in [2.24, 2.45) is 0 Å². The van der Waals surface area contributed by atoms with Gasteiger partial charge in [-0.15, -0.1) is 0 Å². The van der Waals surface area contributed by atoms with Gasteiger partial charge in [-0.1, -0.05) is 31.9 Å². The maximum Gasteiger partial charge on any atom is 0.205 e. The zero-order valence-electron chi connectivity index (χ0n) is 17.0. The molecule has 0 aliphatic carbocycles. The SMILES string of the molecule is CCCCCC[n+]1ccccc1/C=C/c1ccc(N(CC)CC)cc1.O.[Br-]. The fourth-order valence-electron chi connectivity index (χ4n) is 3.12. The van der Waals surface area contributed by atoms with Crippen LogP contribution in [0.5, 0.6) is 0 Å². The van der Waals surface area contributed by atoms with Crippen molar-refractivity contribution in [3.8, 4) is 0 Å². The number of nitrogens with zero attached hydrogens (tertiary/aromatic N) is 2. The highest BCUT2D eigenvalue weighted by Gasteiger charge is 2.06. The van der Waals surface area contributed by atoms with Gasteiger partial charge in [0.05, 0.1) is 0 Å². The van der Waals surface area contributed by atoms with Crippen LogP contribution < -0.4 is 26.4 Å². The summed E-state index contributed by atoms with van der Waals surface area (Å²) in [5.41, 5.74) is 3.82. The van der Waals surface area contributed by atoms with Crippen LogP contribution in [0.1, 0.15) is 57.7 Å². The highest BCUT2D eigenvalue weighted by Crippen LogP contribution is 2.16. The average Bonchev–Trinajstić information content (AvgIpc) is 2.66. The van der Waals surface area contributed by atoms with Crippen LogP contribution in [0, 0.1) is 0 Å². The molecule has 0 fully saturated rings. The average molecular weight is 435 g/mol. The Morgan fingerprint density at radius 1 is 0.852 bits per heavy atom. The summed E-state index contributed by atoms with van der Waals surface area (Å²) in [6, 6.07) is 15.3. The molecule has 0 bridgehead atoms. The summed E-state index contributed by atoms with van der Waals surface area (Å²) in [7, 11) is 0. The fraction of sp³-hybridized carbons (Fsp3) is 0.435. The first-order valence-corrected chi connectivity index (χ1v) is 9.80. The van der Waals surface area contributed by atoms with Crippen LogP contribution in [-0.4, -0.2) is 18.6 Å². The van der Waals surface area contributed by atoms with Crippen LogP contribution in [-0.2, 0) is 6.54 Å². The van der Waals surface area contributed by atoms with Gasteiger partial charge in [0.15, 0.2) is 6.20 Å². The summed E-state index contributed by atoms with van der Waals surface area (Å²) in [4.78, 5) is 2.37. The van der Waals surface area contributed by atoms with Crippen LogP contribution in [0.2, 0.25) is 0 Å². The summed E-state index contributed by atoms with van der Waals surface area (Å²) < 4.78 is 2.36. The molecule has 150 valence electrons. The summed E-state index contributed by atoms with van der Waals surface area (Å²) >= 11 is 0. The first-order chi connectivity index (χ1) is 12.3. The van der Waals surface area contributed by atoms with Crippen molar-refractivity contribution < 1.29 is 27.0 Å². The Hall–Kier alpha value is -1.65. The highest BCUT2D eigenvalue weighted by molar-refractivity contribution is 5.68. The van der Waals surface area contributed by atoms with Gasteiger partial charge in [-0.3, -0.25) is 0 Å². The second kappa shape index (κ2) is 14.4. The van der Waals surface area contributed by atoms with Crippen molar-refractivity contribution in [3.05, 3.63) is 59.9 Å². The molecule has 27 heavy (non-hydrogen) atoms. The van der Waals surface area contributed by atoms with Crippen molar-refractivity contribution >= 4 is 17.8 Å². The molecule has 0 saturated heterocycles. The number of hydrogen-bond acceptors (Lipinski definition) is 1. The number of unbranched alkanes of at least 4 members (excludes halogenated alkanes) is 3. The van der Waals surface area contributed by atoms with Gasteiger partial charge < -0.3 is 27.4 Å². The van der Waals surface area contributed by atoms with E-state index in [0.717, 1.165) is 19.6 Å². The van der Waals surface area contributed by atoms with E-state index in [1.54, 1.807) is 0 Å². The van der Waals surface area contributed by atoms with E-state index >= 15 is 0 Å². The Kier molecular flexibility index (Phi) is 13.5. The first kappa shape index (κ1) is 25.4. The Morgan fingerprint density at radius 3 is 2.19 bits per heavy atom. The van der Waals surface area contributed by atoms with E-state index in [1.807, 2.05) is 0 Å². The van der Waals surface area contributed by atoms with E-state index < -0.39 is 0 Å². The van der Waals surface area contributed by atoms with Gasteiger partial charge in [-0.2, -0.15) is 4.57 Å². The maximum absolute atomic E-state index is 2.37. The normalized spacial score (nSPS) is 10.3. The third-order valence-electron chi connectivity index (χ3n) is 4.70. The molecule has 2 N–H and O–H groups in total. The number of aromatic nitrogens is 1. The number of hydrogen-bond donors (Lipinski definition) is 0. The second-order valence-electron chi connectivity index (χ2n) is 6.48. The lowest BCUT2D eigenvalue weighted by Gasteiger charge is -2.20. The van der Waals surface area contributed by atoms with Gasteiger partial charge in [0.1, 0.15) is 6.54 Å². The lowest BCUT2D eigenvalue weighted by Crippen LogP contribution is -3.00. The molecule has 0 spiro atoms. The molecule has 0 aliphatic rings. The smallest absolute Gasteiger partial charge is 0.205 e. The van der Waals surface area contributed by atoms with Crippen molar-refractivity contribution in [2.75, 3.05) is 18.0 Å². The van der Waals surface area contributed by atoms with Gasteiger partial charge in [-0.05, 0) is 50.1 Å². The molecule has 3 nitrogen and oxygen atoms in total. The highest BCUT2D eigenvalue weighted by atomic mass is 79.9. The van der Waals surface area contributed by atoms with Crippen molar-refractivity contribution in [3.63, 3.8) is 0 Å². The molecule has 0 atom stereocenters. The number of benzene rings is 1. The van der Waals surface area contributed by atoms with E-state index in [-0.39, 0.29) is 22.5 Å². The Labute approximate surface area is 175 Å². The monoisotopic (exact) mass is 434 g/mol. The Morgan fingerprint density at radius 2 is 1.56 bits per heavy atom. The molecule has 0 unspecified atom stereocenters. The topological polar surface area (TPSA) is 38.6 Å². The minimum Gasteiger partial charge on any atom is -1.00 e. The molecule has 2 aromatic rings.